The van der Waals surface area contributed by atoms with Crippen LogP contribution in [-0.4, -0.2) is 52.0 Å². The number of carbonyl (C=O) groups excluding carboxylic acids is 1. The molecule has 0 radical (unpaired) electrons. The molecular weight excluding hydrogens is 470 g/mol. The Kier molecular flexibility index (Phi) is 7.65. The molecule has 0 unspecified atom stereocenters. The van der Waals surface area contributed by atoms with Crippen molar-refractivity contribution in [2.45, 2.75) is 122 Å². The Morgan fingerprint density at radius 2 is 1.84 bits per heavy atom. The molecule has 8 heteroatoms. The van der Waals surface area contributed by atoms with Gasteiger partial charge < -0.3 is 32.2 Å². The topological polar surface area (TPSA) is 162 Å². The third-order valence-electron chi connectivity index (χ3n) is 11.1. The van der Waals surface area contributed by atoms with Gasteiger partial charge in [0.1, 0.15) is 6.10 Å². The lowest BCUT2D eigenvalue weighted by molar-refractivity contribution is -0.160. The van der Waals surface area contributed by atoms with Crippen LogP contribution in [0.2, 0.25) is 0 Å². The van der Waals surface area contributed by atoms with E-state index in [2.05, 4.69) is 27.7 Å². The summed E-state index contributed by atoms with van der Waals surface area (Å²) in [6, 6.07) is -0.538. The van der Waals surface area contributed by atoms with Gasteiger partial charge in [0, 0.05) is 30.1 Å². The molecule has 0 spiro atoms. The smallest absolute Gasteiger partial charge is 0.331 e. The minimum atomic E-state index is -0.940. The van der Waals surface area contributed by atoms with E-state index in [0.717, 1.165) is 31.3 Å². The highest BCUT2D eigenvalue weighted by Gasteiger charge is 2.71. The summed E-state index contributed by atoms with van der Waals surface area (Å²) in [7, 11) is 0. The van der Waals surface area contributed by atoms with Gasteiger partial charge in [0.05, 0.1) is 6.10 Å². The third-order valence-corrected chi connectivity index (χ3v) is 11.1. The summed E-state index contributed by atoms with van der Waals surface area (Å²) in [5.41, 5.74) is 20.8. The van der Waals surface area contributed by atoms with E-state index in [-0.39, 0.29) is 35.3 Å². The van der Waals surface area contributed by atoms with E-state index < -0.39 is 35.1 Å². The Morgan fingerprint density at radius 3 is 2.43 bits per heavy atom. The van der Waals surface area contributed by atoms with Crippen molar-refractivity contribution in [2.75, 3.05) is 0 Å². The number of carbonyl (C=O) groups is 2. The number of fused-ring (bicyclic) bond motifs is 5. The average molecular weight is 520 g/mol. The molecule has 0 bridgehead atoms. The first-order valence-corrected chi connectivity index (χ1v) is 14.3. The highest BCUT2D eigenvalue weighted by molar-refractivity contribution is 5.88. The van der Waals surface area contributed by atoms with Gasteiger partial charge >= 0.3 is 11.9 Å². The second-order valence-corrected chi connectivity index (χ2v) is 13.5. The number of nitrogens with two attached hydrogens (primary N) is 3. The third kappa shape index (κ3) is 4.46. The average Bonchev–Trinajstić information content (AvgIpc) is 3.05. The molecule has 0 heterocycles. The van der Waals surface area contributed by atoms with Crippen LogP contribution >= 0.6 is 0 Å². The molecule has 4 fully saturated rings. The maximum Gasteiger partial charge on any atom is 0.331 e. The van der Waals surface area contributed by atoms with Crippen molar-refractivity contribution >= 4 is 11.9 Å². The summed E-state index contributed by atoms with van der Waals surface area (Å²) >= 11 is 0. The molecule has 0 aromatic carbocycles. The van der Waals surface area contributed by atoms with Crippen molar-refractivity contribution < 1.29 is 24.5 Å². The summed E-state index contributed by atoms with van der Waals surface area (Å²) in [5, 5.41) is 20.9. The highest BCUT2D eigenvalue weighted by atomic mass is 16.5. The van der Waals surface area contributed by atoms with E-state index in [0.29, 0.717) is 43.6 Å². The maximum absolute atomic E-state index is 12.6. The predicted octanol–water partition coefficient (Wildman–Crippen LogP) is 3.09. The molecule has 0 amide bonds. The molecule has 8 nitrogen and oxygen atoms in total. The summed E-state index contributed by atoms with van der Waals surface area (Å²) < 4.78 is 5.85. The number of carboxylic acid groups (broad SMARTS) is 1. The molecule has 8 N–H and O–H groups in total. The van der Waals surface area contributed by atoms with Crippen LogP contribution in [0.25, 0.3) is 0 Å². The SMILES string of the molecule is CC(=O)O[C@H]1C[C@@]2(C)[C@@H](C[C@@H](N)[C@H]3[C@@]4(C)CC[C@@H](O)[C@@H](N)[C@@H]4CC[C@@]32N)/C1=C(\CCCC(C)C)C(=O)O. The van der Waals surface area contributed by atoms with Crippen LogP contribution in [0.15, 0.2) is 11.1 Å². The molecule has 4 rings (SSSR count). The van der Waals surface area contributed by atoms with Crippen molar-refractivity contribution in [1.29, 1.82) is 0 Å². The fourth-order valence-electron chi connectivity index (χ4n) is 9.39. The standard InChI is InChI=1S/C29H49N3O5/c1-15(2)7-6-8-17(26(35)36)23-19-13-20(30)25-27(4)11-10-21(34)24(31)18(27)9-12-29(25,32)28(19,5)14-22(23)37-16(3)33/h15,18-22,24-25,34H,6-14,30-32H2,1-5H3,(H,35,36)/b23-17-/t18-,19-,20+,21+,22-,24-,25-,27-,28-,29+/m0/s1. The van der Waals surface area contributed by atoms with Gasteiger partial charge in [0.15, 0.2) is 0 Å². The maximum atomic E-state index is 12.6. The van der Waals surface area contributed by atoms with Crippen LogP contribution in [0.1, 0.15) is 92.4 Å². The fourth-order valence-corrected chi connectivity index (χ4v) is 9.39. The van der Waals surface area contributed by atoms with Gasteiger partial charge in [-0.05, 0) is 91.4 Å². The molecule has 10 atom stereocenters. The second kappa shape index (κ2) is 9.92. The van der Waals surface area contributed by atoms with E-state index >= 15 is 0 Å². The van der Waals surface area contributed by atoms with Crippen LogP contribution in [0, 0.1) is 34.5 Å². The molecule has 0 saturated heterocycles. The molecule has 0 aromatic heterocycles. The lowest BCUT2D eigenvalue weighted by Crippen LogP contribution is -2.76. The number of esters is 1. The molecular formula is C29H49N3O5. The fraction of sp³-hybridized carbons (Fsp3) is 0.862. The zero-order valence-electron chi connectivity index (χ0n) is 23.3. The van der Waals surface area contributed by atoms with Gasteiger partial charge in [0.25, 0.3) is 0 Å². The Bertz CT molecular complexity index is 952. The van der Waals surface area contributed by atoms with Crippen molar-refractivity contribution in [2.24, 2.45) is 51.7 Å². The van der Waals surface area contributed by atoms with Gasteiger partial charge in [-0.3, -0.25) is 4.79 Å². The Balaban J connectivity index is 1.80. The Labute approximate surface area is 221 Å². The van der Waals surface area contributed by atoms with Crippen LogP contribution in [0.5, 0.6) is 0 Å². The molecule has 0 aliphatic heterocycles. The summed E-state index contributed by atoms with van der Waals surface area (Å²) in [6.07, 6.45) is 5.08. The predicted molar refractivity (Wildman–Crippen MR) is 142 cm³/mol. The number of rotatable bonds is 6. The zero-order chi connectivity index (χ0) is 27.5. The number of aliphatic hydroxyl groups is 1. The second-order valence-electron chi connectivity index (χ2n) is 13.5. The van der Waals surface area contributed by atoms with Gasteiger partial charge in [-0.15, -0.1) is 0 Å². The lowest BCUT2D eigenvalue weighted by Gasteiger charge is -2.68. The van der Waals surface area contributed by atoms with E-state index in [1.54, 1.807) is 0 Å². The number of aliphatic carboxylic acids is 1. The molecule has 37 heavy (non-hydrogen) atoms. The van der Waals surface area contributed by atoms with E-state index in [1.165, 1.54) is 6.92 Å². The van der Waals surface area contributed by atoms with Gasteiger partial charge in [-0.25, -0.2) is 4.79 Å². The molecule has 210 valence electrons. The lowest BCUT2D eigenvalue weighted by atomic mass is 9.39. The first-order valence-electron chi connectivity index (χ1n) is 14.3. The Morgan fingerprint density at radius 1 is 1.16 bits per heavy atom. The number of ether oxygens (including phenoxy) is 1. The summed E-state index contributed by atoms with van der Waals surface area (Å²) in [4.78, 5) is 24.8. The number of hydrogen-bond donors (Lipinski definition) is 5. The van der Waals surface area contributed by atoms with Crippen LogP contribution in [0.4, 0.5) is 0 Å². The Hall–Kier alpha value is -1.48. The van der Waals surface area contributed by atoms with Crippen molar-refractivity contribution in [1.82, 2.24) is 0 Å². The number of aliphatic hydroxyl groups excluding tert-OH is 1. The van der Waals surface area contributed by atoms with E-state index in [1.807, 2.05) is 0 Å². The van der Waals surface area contributed by atoms with Crippen LogP contribution in [0.3, 0.4) is 0 Å². The quantitative estimate of drug-likeness (QED) is 0.264. The molecule has 4 aliphatic rings. The van der Waals surface area contributed by atoms with Gasteiger partial charge in [-0.2, -0.15) is 0 Å². The summed E-state index contributed by atoms with van der Waals surface area (Å²) in [5.74, 6) is -0.927. The van der Waals surface area contributed by atoms with Crippen molar-refractivity contribution in [3.8, 4) is 0 Å². The highest BCUT2D eigenvalue weighted by Crippen LogP contribution is 2.69. The first kappa shape index (κ1) is 28.5. The normalized spacial score (nSPS) is 46.6. The first-order chi connectivity index (χ1) is 17.2. The number of carboxylic acids is 1. The van der Waals surface area contributed by atoms with Crippen molar-refractivity contribution in [3.05, 3.63) is 11.1 Å². The minimum absolute atomic E-state index is 0.0231. The van der Waals surface area contributed by atoms with E-state index in [4.69, 9.17) is 21.9 Å². The monoisotopic (exact) mass is 519 g/mol. The molecule has 4 aliphatic carbocycles. The van der Waals surface area contributed by atoms with Gasteiger partial charge in [0.2, 0.25) is 0 Å². The summed E-state index contributed by atoms with van der Waals surface area (Å²) in [6.45, 7) is 10.1. The molecule has 0 aromatic rings. The zero-order valence-corrected chi connectivity index (χ0v) is 23.3. The number of hydrogen-bond acceptors (Lipinski definition) is 7. The van der Waals surface area contributed by atoms with Crippen LogP contribution in [-0.2, 0) is 14.3 Å². The molecule has 4 saturated carbocycles. The largest absolute Gasteiger partial charge is 0.478 e. The van der Waals surface area contributed by atoms with E-state index in [9.17, 15) is 19.8 Å². The van der Waals surface area contributed by atoms with Crippen LogP contribution < -0.4 is 17.2 Å². The van der Waals surface area contributed by atoms with Crippen molar-refractivity contribution in [3.63, 3.8) is 0 Å². The van der Waals surface area contributed by atoms with Gasteiger partial charge in [-0.1, -0.05) is 34.1 Å². The minimum Gasteiger partial charge on any atom is -0.478 e.